The Kier molecular flexibility index (Phi) is 6.80. The zero-order valence-electron chi connectivity index (χ0n) is 18.1. The van der Waals surface area contributed by atoms with Gasteiger partial charge in [0.05, 0.1) is 4.90 Å². The Hall–Kier alpha value is -3.90. The zero-order valence-corrected chi connectivity index (χ0v) is 18.9. The molecule has 2 heterocycles. The van der Waals surface area contributed by atoms with Gasteiger partial charge in [-0.2, -0.15) is 4.52 Å². The SMILES string of the molecule is CCC(=O)Nc1ccc(S(=O)(=O)NCCOc2ccc3nnc(-c4cccc(F)c4)n3n2)cc1. The van der Waals surface area contributed by atoms with Crippen molar-refractivity contribution in [3.05, 3.63) is 66.5 Å². The van der Waals surface area contributed by atoms with Gasteiger partial charge in [-0.05, 0) is 42.5 Å². The lowest BCUT2D eigenvalue weighted by Gasteiger charge is -2.09. The van der Waals surface area contributed by atoms with Gasteiger partial charge >= 0.3 is 0 Å². The van der Waals surface area contributed by atoms with Crippen LogP contribution in [0.4, 0.5) is 10.1 Å². The van der Waals surface area contributed by atoms with Gasteiger partial charge in [-0.25, -0.2) is 17.5 Å². The maximum Gasteiger partial charge on any atom is 0.240 e. The number of nitrogens with one attached hydrogen (secondary N) is 2. The lowest BCUT2D eigenvalue weighted by atomic mass is 10.2. The first kappa shape index (κ1) is 23.3. The average molecular weight is 485 g/mol. The maximum atomic E-state index is 13.6. The largest absolute Gasteiger partial charge is 0.475 e. The Balaban J connectivity index is 1.37. The number of sulfonamides is 1. The van der Waals surface area contributed by atoms with Crippen molar-refractivity contribution in [3.8, 4) is 17.3 Å². The Morgan fingerprint density at radius 3 is 2.62 bits per heavy atom. The van der Waals surface area contributed by atoms with Crippen LogP contribution in [-0.4, -0.2) is 47.3 Å². The van der Waals surface area contributed by atoms with Gasteiger partial charge in [0.2, 0.25) is 21.8 Å². The smallest absolute Gasteiger partial charge is 0.240 e. The normalized spacial score (nSPS) is 11.5. The summed E-state index contributed by atoms with van der Waals surface area (Å²) >= 11 is 0. The third kappa shape index (κ3) is 5.35. The monoisotopic (exact) mass is 484 g/mol. The highest BCUT2D eigenvalue weighted by molar-refractivity contribution is 7.89. The van der Waals surface area contributed by atoms with Crippen molar-refractivity contribution in [2.75, 3.05) is 18.5 Å². The van der Waals surface area contributed by atoms with E-state index in [2.05, 4.69) is 25.3 Å². The number of benzene rings is 2. The predicted molar refractivity (Wildman–Crippen MR) is 122 cm³/mol. The van der Waals surface area contributed by atoms with Crippen LogP contribution in [0.2, 0.25) is 0 Å². The highest BCUT2D eigenvalue weighted by Gasteiger charge is 2.14. The number of amides is 1. The summed E-state index contributed by atoms with van der Waals surface area (Å²) in [5.74, 6) is 0.000824. The van der Waals surface area contributed by atoms with Crippen LogP contribution in [0, 0.1) is 5.82 Å². The third-order valence-electron chi connectivity index (χ3n) is 4.73. The molecule has 0 aliphatic rings. The van der Waals surface area contributed by atoms with E-state index < -0.39 is 15.8 Å². The van der Waals surface area contributed by atoms with Gasteiger partial charge in [0, 0.05) is 30.3 Å². The summed E-state index contributed by atoms with van der Waals surface area (Å²) < 4.78 is 48.0. The molecular formula is C22H21FN6O4S. The molecule has 0 saturated carbocycles. The molecule has 34 heavy (non-hydrogen) atoms. The number of halogens is 1. The summed E-state index contributed by atoms with van der Waals surface area (Å²) in [6, 6.07) is 15.0. The minimum absolute atomic E-state index is 0.00466. The van der Waals surface area contributed by atoms with Crippen LogP contribution < -0.4 is 14.8 Å². The van der Waals surface area contributed by atoms with Gasteiger partial charge in [-0.3, -0.25) is 4.79 Å². The van der Waals surface area contributed by atoms with Crippen molar-refractivity contribution >= 4 is 27.3 Å². The molecule has 0 radical (unpaired) electrons. The van der Waals surface area contributed by atoms with E-state index in [-0.39, 0.29) is 29.8 Å². The van der Waals surface area contributed by atoms with Crippen LogP contribution in [0.5, 0.6) is 5.88 Å². The Labute approximate surface area is 194 Å². The Morgan fingerprint density at radius 2 is 1.88 bits per heavy atom. The molecule has 4 aromatic rings. The van der Waals surface area contributed by atoms with E-state index in [4.69, 9.17) is 4.74 Å². The molecule has 2 aromatic carbocycles. The van der Waals surface area contributed by atoms with Crippen molar-refractivity contribution in [2.24, 2.45) is 0 Å². The molecule has 0 unspecified atom stereocenters. The maximum absolute atomic E-state index is 13.6. The number of ether oxygens (including phenoxy) is 1. The molecule has 2 N–H and O–H groups in total. The number of aromatic nitrogens is 4. The van der Waals surface area contributed by atoms with Crippen molar-refractivity contribution in [3.63, 3.8) is 0 Å². The molecule has 0 spiro atoms. The Bertz CT molecular complexity index is 1420. The topological polar surface area (TPSA) is 128 Å². The van der Waals surface area contributed by atoms with E-state index in [1.54, 1.807) is 31.2 Å². The van der Waals surface area contributed by atoms with E-state index in [9.17, 15) is 17.6 Å². The summed E-state index contributed by atoms with van der Waals surface area (Å²) in [6.45, 7) is 1.73. The molecule has 176 valence electrons. The molecule has 0 saturated heterocycles. The fraction of sp³-hybridized carbons (Fsp3) is 0.182. The van der Waals surface area contributed by atoms with E-state index >= 15 is 0 Å². The third-order valence-corrected chi connectivity index (χ3v) is 6.21. The average Bonchev–Trinajstić information content (AvgIpc) is 3.25. The number of nitrogens with zero attached hydrogens (tertiary/aromatic N) is 4. The summed E-state index contributed by atoms with van der Waals surface area (Å²) in [5, 5.41) is 15.0. The highest BCUT2D eigenvalue weighted by atomic mass is 32.2. The minimum Gasteiger partial charge on any atom is -0.475 e. The Morgan fingerprint density at radius 1 is 1.09 bits per heavy atom. The number of hydrogen-bond acceptors (Lipinski definition) is 7. The van der Waals surface area contributed by atoms with Crippen molar-refractivity contribution in [1.29, 1.82) is 0 Å². The molecule has 10 nitrogen and oxygen atoms in total. The molecule has 0 fully saturated rings. The molecule has 0 aliphatic carbocycles. The van der Waals surface area contributed by atoms with E-state index in [0.717, 1.165) is 0 Å². The summed E-state index contributed by atoms with van der Waals surface area (Å²) in [5.41, 5.74) is 1.47. The molecule has 0 bridgehead atoms. The molecule has 0 aliphatic heterocycles. The first-order chi connectivity index (χ1) is 16.4. The van der Waals surface area contributed by atoms with Gasteiger partial charge in [0.25, 0.3) is 0 Å². The second-order valence-electron chi connectivity index (χ2n) is 7.15. The lowest BCUT2D eigenvalue weighted by molar-refractivity contribution is -0.115. The fourth-order valence-corrected chi connectivity index (χ4v) is 4.05. The quantitative estimate of drug-likeness (QED) is 0.350. The number of carbonyl (C=O) groups is 1. The number of fused-ring (bicyclic) bond motifs is 1. The summed E-state index contributed by atoms with van der Waals surface area (Å²) in [7, 11) is -3.76. The van der Waals surface area contributed by atoms with Crippen LogP contribution >= 0.6 is 0 Å². The summed E-state index contributed by atoms with van der Waals surface area (Å²) in [4.78, 5) is 11.5. The molecule has 1 amide bonds. The van der Waals surface area contributed by atoms with E-state index in [1.165, 1.54) is 40.9 Å². The molecular weight excluding hydrogens is 463 g/mol. The lowest BCUT2D eigenvalue weighted by Crippen LogP contribution is -2.28. The van der Waals surface area contributed by atoms with Crippen LogP contribution in [0.25, 0.3) is 17.0 Å². The van der Waals surface area contributed by atoms with Crippen LogP contribution in [-0.2, 0) is 14.8 Å². The van der Waals surface area contributed by atoms with Gasteiger partial charge in [0.15, 0.2) is 11.5 Å². The van der Waals surface area contributed by atoms with E-state index in [1.807, 2.05) is 0 Å². The standard InChI is InChI=1S/C22H21FN6O4S/c1-2-20(30)25-17-6-8-18(9-7-17)34(31,32)24-12-13-33-21-11-10-19-26-27-22(29(19)28-21)15-4-3-5-16(23)14-15/h3-11,14,24H,2,12-13H2,1H3,(H,25,30). The van der Waals surface area contributed by atoms with Crippen molar-refractivity contribution in [2.45, 2.75) is 18.2 Å². The van der Waals surface area contributed by atoms with Gasteiger partial charge in [-0.1, -0.05) is 19.1 Å². The van der Waals surface area contributed by atoms with E-state index in [0.29, 0.717) is 29.1 Å². The first-order valence-corrected chi connectivity index (χ1v) is 11.8. The fourth-order valence-electron chi connectivity index (χ4n) is 3.04. The van der Waals surface area contributed by atoms with Crippen molar-refractivity contribution < 1.29 is 22.3 Å². The molecule has 12 heteroatoms. The van der Waals surface area contributed by atoms with Gasteiger partial charge in [0.1, 0.15) is 12.4 Å². The zero-order chi connectivity index (χ0) is 24.1. The van der Waals surface area contributed by atoms with Crippen LogP contribution in [0.15, 0.2) is 65.6 Å². The van der Waals surface area contributed by atoms with Gasteiger partial charge < -0.3 is 10.1 Å². The summed E-state index contributed by atoms with van der Waals surface area (Å²) in [6.07, 6.45) is 0.326. The molecule has 0 atom stereocenters. The number of carbonyl (C=O) groups excluding carboxylic acids is 1. The molecule has 2 aromatic heterocycles. The predicted octanol–water partition coefficient (Wildman–Crippen LogP) is 2.64. The molecule has 4 rings (SSSR count). The van der Waals surface area contributed by atoms with Crippen molar-refractivity contribution in [1.82, 2.24) is 24.5 Å². The number of hydrogen-bond donors (Lipinski definition) is 2. The van der Waals surface area contributed by atoms with Crippen LogP contribution in [0.1, 0.15) is 13.3 Å². The second kappa shape index (κ2) is 9.93. The van der Waals surface area contributed by atoms with Gasteiger partial charge in [-0.15, -0.1) is 15.3 Å². The first-order valence-electron chi connectivity index (χ1n) is 10.4. The number of rotatable bonds is 9. The number of anilines is 1. The minimum atomic E-state index is -3.76. The highest BCUT2D eigenvalue weighted by Crippen LogP contribution is 2.20. The second-order valence-corrected chi connectivity index (χ2v) is 8.91. The van der Waals surface area contributed by atoms with Crippen LogP contribution in [0.3, 0.4) is 0 Å².